The Kier molecular flexibility index (Phi) is 7.32. The lowest BCUT2D eigenvalue weighted by Crippen LogP contribution is -2.38. The van der Waals surface area contributed by atoms with E-state index in [0.29, 0.717) is 24.2 Å². The molecule has 5 rings (SSSR count). The molecule has 2 fully saturated rings. The predicted molar refractivity (Wildman–Crippen MR) is 132 cm³/mol. The lowest BCUT2D eigenvalue weighted by atomic mass is 9.91. The number of likely N-dealkylation sites (tertiary alicyclic amines) is 1. The number of hydrogen-bond acceptors (Lipinski definition) is 5. The first kappa shape index (κ1) is 23.4. The van der Waals surface area contributed by atoms with Gasteiger partial charge in [0.1, 0.15) is 5.82 Å². The highest BCUT2D eigenvalue weighted by Gasteiger charge is 2.28. The van der Waals surface area contributed by atoms with Crippen LogP contribution in [0, 0.1) is 11.7 Å². The van der Waals surface area contributed by atoms with Gasteiger partial charge in [-0.15, -0.1) is 5.10 Å². The van der Waals surface area contributed by atoms with Crippen molar-refractivity contribution in [1.29, 1.82) is 0 Å². The maximum atomic E-state index is 13.1. The van der Waals surface area contributed by atoms with E-state index in [0.717, 1.165) is 56.7 Å². The molecule has 3 aromatic rings. The second-order valence-electron chi connectivity index (χ2n) is 9.63. The van der Waals surface area contributed by atoms with Gasteiger partial charge < -0.3 is 15.5 Å². The normalized spacial score (nSPS) is 18.4. The number of halogens is 1. The van der Waals surface area contributed by atoms with Crippen molar-refractivity contribution in [3.05, 3.63) is 59.9 Å². The molecule has 9 heteroatoms. The van der Waals surface area contributed by atoms with Crippen LogP contribution in [0.4, 0.5) is 14.9 Å². The molecule has 1 saturated heterocycles. The molecule has 1 atom stereocenters. The Bertz CT molecular complexity index is 1130. The van der Waals surface area contributed by atoms with Crippen LogP contribution in [0.5, 0.6) is 0 Å². The lowest BCUT2D eigenvalue weighted by Gasteiger charge is -2.32. The van der Waals surface area contributed by atoms with Gasteiger partial charge >= 0.3 is 6.03 Å². The van der Waals surface area contributed by atoms with Gasteiger partial charge in [0.2, 0.25) is 0 Å². The molecule has 8 nitrogen and oxygen atoms in total. The number of aromatic nitrogens is 4. The van der Waals surface area contributed by atoms with Crippen LogP contribution in [0.25, 0.3) is 11.4 Å². The highest BCUT2D eigenvalue weighted by atomic mass is 19.1. The smallest absolute Gasteiger partial charge is 0.319 e. The Hall–Kier alpha value is -3.33. The third kappa shape index (κ3) is 6.42. The first-order valence-electron chi connectivity index (χ1n) is 12.5. The van der Waals surface area contributed by atoms with Crippen molar-refractivity contribution in [2.45, 2.75) is 44.6 Å². The molecule has 0 spiro atoms. The average molecular weight is 478 g/mol. The zero-order valence-corrected chi connectivity index (χ0v) is 19.9. The van der Waals surface area contributed by atoms with Crippen LogP contribution in [-0.4, -0.2) is 57.3 Å². The number of anilines is 1. The van der Waals surface area contributed by atoms with Gasteiger partial charge in [-0.2, -0.15) is 0 Å². The van der Waals surface area contributed by atoms with E-state index >= 15 is 0 Å². The summed E-state index contributed by atoms with van der Waals surface area (Å²) >= 11 is 0. The maximum absolute atomic E-state index is 13.1. The number of rotatable bonds is 9. The molecule has 2 amide bonds. The summed E-state index contributed by atoms with van der Waals surface area (Å²) in [4.78, 5) is 14.9. The molecule has 2 aliphatic rings. The van der Waals surface area contributed by atoms with E-state index in [-0.39, 0.29) is 11.8 Å². The minimum absolute atomic E-state index is 0.182. The quantitative estimate of drug-likeness (QED) is 0.449. The summed E-state index contributed by atoms with van der Waals surface area (Å²) < 4.78 is 15.0. The Labute approximate surface area is 204 Å². The third-order valence-electron chi connectivity index (χ3n) is 6.74. The molecule has 1 aliphatic carbocycles. The van der Waals surface area contributed by atoms with Crippen molar-refractivity contribution < 1.29 is 9.18 Å². The number of nitrogens with one attached hydrogen (secondary N) is 2. The zero-order chi connectivity index (χ0) is 24.0. The maximum Gasteiger partial charge on any atom is 0.319 e. The standard InChI is InChI=1S/C26H32FN7O/c27-22-9-7-19(8-10-22)16-20-4-2-14-33(18-20)15-3-13-28-26(35)29-23-6-1-5-21(17-23)25-30-31-32-34(25)24-11-12-24/h1,5-10,17,20,24H,2-4,11-16,18H2,(H2,28,29,35)/t20-/m0/s1. The number of carbonyl (C=O) groups excluding carboxylic acids is 1. The van der Waals surface area contributed by atoms with E-state index in [1.807, 2.05) is 41.1 Å². The van der Waals surface area contributed by atoms with Gasteiger partial charge in [0.15, 0.2) is 5.82 Å². The van der Waals surface area contributed by atoms with E-state index < -0.39 is 0 Å². The number of carbonyl (C=O) groups is 1. The molecule has 0 bridgehead atoms. The summed E-state index contributed by atoms with van der Waals surface area (Å²) in [6.45, 7) is 3.72. The molecular formula is C26H32FN7O. The van der Waals surface area contributed by atoms with Crippen LogP contribution >= 0.6 is 0 Å². The van der Waals surface area contributed by atoms with Crippen molar-refractivity contribution in [1.82, 2.24) is 30.4 Å². The van der Waals surface area contributed by atoms with E-state index in [4.69, 9.17) is 0 Å². The Morgan fingerprint density at radius 1 is 1.11 bits per heavy atom. The zero-order valence-electron chi connectivity index (χ0n) is 19.9. The topological polar surface area (TPSA) is 88.0 Å². The Morgan fingerprint density at radius 2 is 1.97 bits per heavy atom. The molecule has 0 radical (unpaired) electrons. The third-order valence-corrected chi connectivity index (χ3v) is 6.74. The number of urea groups is 1. The number of benzene rings is 2. The second-order valence-corrected chi connectivity index (χ2v) is 9.63. The molecule has 184 valence electrons. The van der Waals surface area contributed by atoms with Gasteiger partial charge in [-0.1, -0.05) is 24.3 Å². The number of amides is 2. The minimum atomic E-state index is -0.211. The van der Waals surface area contributed by atoms with E-state index in [9.17, 15) is 9.18 Å². The first-order chi connectivity index (χ1) is 17.1. The summed E-state index contributed by atoms with van der Waals surface area (Å²) in [5, 5.41) is 18.0. The summed E-state index contributed by atoms with van der Waals surface area (Å²) in [7, 11) is 0. The van der Waals surface area contributed by atoms with Crippen LogP contribution in [0.15, 0.2) is 48.5 Å². The lowest BCUT2D eigenvalue weighted by molar-refractivity contribution is 0.172. The van der Waals surface area contributed by atoms with Gasteiger partial charge in [0.05, 0.1) is 6.04 Å². The monoisotopic (exact) mass is 477 g/mol. The van der Waals surface area contributed by atoms with Crippen LogP contribution in [0.1, 0.15) is 43.7 Å². The largest absolute Gasteiger partial charge is 0.338 e. The Morgan fingerprint density at radius 3 is 2.80 bits per heavy atom. The van der Waals surface area contributed by atoms with E-state index in [1.165, 1.54) is 18.4 Å². The van der Waals surface area contributed by atoms with Crippen LogP contribution in [0.3, 0.4) is 0 Å². The van der Waals surface area contributed by atoms with Crippen LogP contribution in [-0.2, 0) is 6.42 Å². The Balaban J connectivity index is 1.04. The molecule has 1 saturated carbocycles. The molecule has 1 aliphatic heterocycles. The summed E-state index contributed by atoms with van der Waals surface area (Å²) in [6, 6.07) is 14.7. The van der Waals surface area contributed by atoms with E-state index in [2.05, 4.69) is 31.1 Å². The van der Waals surface area contributed by atoms with Crippen molar-refractivity contribution in [2.24, 2.45) is 5.92 Å². The molecule has 35 heavy (non-hydrogen) atoms. The van der Waals surface area contributed by atoms with Crippen molar-refractivity contribution >= 4 is 11.7 Å². The molecule has 2 heterocycles. The SMILES string of the molecule is O=C(NCCCN1CCC[C@@H](Cc2ccc(F)cc2)C1)Nc1cccc(-c2nnnn2C2CC2)c1. The fraction of sp³-hybridized carbons (Fsp3) is 0.462. The molecular weight excluding hydrogens is 445 g/mol. The summed E-state index contributed by atoms with van der Waals surface area (Å²) in [5.74, 6) is 1.15. The molecule has 2 aromatic carbocycles. The highest BCUT2D eigenvalue weighted by Crippen LogP contribution is 2.36. The summed E-state index contributed by atoms with van der Waals surface area (Å²) in [5.41, 5.74) is 2.80. The van der Waals surface area contributed by atoms with Crippen molar-refractivity contribution in [3.63, 3.8) is 0 Å². The number of tetrazole rings is 1. The van der Waals surface area contributed by atoms with Gasteiger partial charge in [0.25, 0.3) is 0 Å². The minimum Gasteiger partial charge on any atom is -0.338 e. The first-order valence-corrected chi connectivity index (χ1v) is 12.5. The fourth-order valence-corrected chi connectivity index (χ4v) is 4.84. The van der Waals surface area contributed by atoms with Crippen molar-refractivity contribution in [3.8, 4) is 11.4 Å². The molecule has 0 unspecified atom stereocenters. The van der Waals surface area contributed by atoms with Gasteiger partial charge in [-0.25, -0.2) is 13.9 Å². The fourth-order valence-electron chi connectivity index (χ4n) is 4.84. The molecule has 1 aromatic heterocycles. The highest BCUT2D eigenvalue weighted by molar-refractivity contribution is 5.89. The van der Waals surface area contributed by atoms with Crippen LogP contribution < -0.4 is 10.6 Å². The number of nitrogens with zero attached hydrogens (tertiary/aromatic N) is 5. The van der Waals surface area contributed by atoms with E-state index in [1.54, 1.807) is 12.1 Å². The van der Waals surface area contributed by atoms with Gasteiger partial charge in [0, 0.05) is 24.3 Å². The molecule has 2 N–H and O–H groups in total. The second kappa shape index (κ2) is 10.9. The van der Waals surface area contributed by atoms with Crippen LogP contribution in [0.2, 0.25) is 0 Å². The summed E-state index contributed by atoms with van der Waals surface area (Å²) in [6.07, 6.45) is 6.48. The van der Waals surface area contributed by atoms with Gasteiger partial charge in [-0.3, -0.25) is 0 Å². The van der Waals surface area contributed by atoms with Gasteiger partial charge in [-0.05, 0) is 97.8 Å². The van der Waals surface area contributed by atoms with Crippen molar-refractivity contribution in [2.75, 3.05) is 31.5 Å². The predicted octanol–water partition coefficient (Wildman–Crippen LogP) is 4.28. The number of hydrogen-bond donors (Lipinski definition) is 2. The number of piperidine rings is 1. The average Bonchev–Trinajstić information content (AvgIpc) is 3.59.